The molecule has 1 aliphatic heterocycles. The smallest absolute Gasteiger partial charge is 0.310 e. The van der Waals surface area contributed by atoms with Crippen LogP contribution in [0.2, 0.25) is 0 Å². The Hall–Kier alpha value is -1.24. The minimum Gasteiger partial charge on any atom is -0.310 e. The third kappa shape index (κ3) is 2.45. The number of benzene rings is 1. The number of hydrogen-bond donors (Lipinski definition) is 1. The molecule has 100 valence electrons. The first kappa shape index (κ1) is 13.2. The zero-order valence-electron chi connectivity index (χ0n) is 8.99. The van der Waals surface area contributed by atoms with Crippen LogP contribution in [0.5, 0.6) is 0 Å². The molecule has 0 amide bonds. The molecule has 1 aromatic carbocycles. The van der Waals surface area contributed by atoms with Crippen LogP contribution in [-0.2, 0) is 12.4 Å². The Morgan fingerprint density at radius 3 is 2.00 bits per heavy atom. The summed E-state index contributed by atoms with van der Waals surface area (Å²) in [5.74, 6) is 0. The zero-order valence-corrected chi connectivity index (χ0v) is 8.99. The van der Waals surface area contributed by atoms with E-state index in [0.717, 1.165) is 6.07 Å². The van der Waals surface area contributed by atoms with Crippen molar-refractivity contribution < 1.29 is 26.3 Å². The number of nitrogens with one attached hydrogen (secondary N) is 1. The maximum Gasteiger partial charge on any atom is 0.416 e. The van der Waals surface area contributed by atoms with Crippen molar-refractivity contribution in [1.29, 1.82) is 0 Å². The quantitative estimate of drug-likeness (QED) is 0.765. The van der Waals surface area contributed by atoms with Crippen molar-refractivity contribution in [3.63, 3.8) is 0 Å². The highest BCUT2D eigenvalue weighted by molar-refractivity contribution is 5.38. The molecule has 7 heteroatoms. The Kier molecular flexibility index (Phi) is 3.04. The van der Waals surface area contributed by atoms with Gasteiger partial charge in [-0.05, 0) is 30.7 Å². The summed E-state index contributed by atoms with van der Waals surface area (Å²) in [5.41, 5.74) is -2.62. The van der Waals surface area contributed by atoms with Crippen LogP contribution in [0.1, 0.15) is 29.2 Å². The van der Waals surface area contributed by atoms with Gasteiger partial charge in [-0.25, -0.2) is 0 Å². The molecule has 1 atom stereocenters. The van der Waals surface area contributed by atoms with E-state index in [2.05, 4.69) is 5.32 Å². The van der Waals surface area contributed by atoms with Crippen molar-refractivity contribution in [3.05, 3.63) is 34.9 Å². The summed E-state index contributed by atoms with van der Waals surface area (Å²) in [6, 6.07) is 1.26. The van der Waals surface area contributed by atoms with Crippen LogP contribution in [0.4, 0.5) is 26.3 Å². The van der Waals surface area contributed by atoms with Gasteiger partial charge < -0.3 is 5.32 Å². The summed E-state index contributed by atoms with van der Waals surface area (Å²) in [7, 11) is 0. The van der Waals surface area contributed by atoms with Gasteiger partial charge in [0.25, 0.3) is 0 Å². The fourth-order valence-electron chi connectivity index (χ4n) is 1.84. The number of halogens is 6. The molecule has 0 bridgehead atoms. The van der Waals surface area contributed by atoms with Crippen molar-refractivity contribution in [2.24, 2.45) is 0 Å². The molecule has 0 aromatic heterocycles. The molecule has 1 fully saturated rings. The topological polar surface area (TPSA) is 12.0 Å². The number of alkyl halides is 6. The predicted octanol–water partition coefficient (Wildman–Crippen LogP) is 3.76. The van der Waals surface area contributed by atoms with Crippen LogP contribution in [0.15, 0.2) is 18.2 Å². The molecule has 1 aromatic rings. The van der Waals surface area contributed by atoms with E-state index in [1.807, 2.05) is 0 Å². The molecule has 1 N–H and O–H groups in total. The first-order chi connectivity index (χ1) is 8.19. The molecular weight excluding hydrogens is 260 g/mol. The minimum absolute atomic E-state index is 0.123. The lowest BCUT2D eigenvalue weighted by atomic mass is 9.92. The fourth-order valence-corrected chi connectivity index (χ4v) is 1.84. The monoisotopic (exact) mass is 269 g/mol. The van der Waals surface area contributed by atoms with Gasteiger partial charge >= 0.3 is 12.4 Å². The van der Waals surface area contributed by atoms with Gasteiger partial charge in [0.05, 0.1) is 11.1 Å². The normalized spacial score (nSPS) is 20.7. The maximum absolute atomic E-state index is 12.7. The SMILES string of the molecule is FC(F)(F)c1ccc([C@@H]2CCN2)c(C(F)(F)F)c1. The van der Waals surface area contributed by atoms with Crippen LogP contribution >= 0.6 is 0 Å². The lowest BCUT2D eigenvalue weighted by Crippen LogP contribution is -2.36. The average Bonchev–Trinajstić information content (AvgIpc) is 2.11. The van der Waals surface area contributed by atoms with E-state index in [4.69, 9.17) is 0 Å². The second-order valence-corrected chi connectivity index (χ2v) is 4.09. The number of rotatable bonds is 1. The summed E-state index contributed by atoms with van der Waals surface area (Å²) in [6.07, 6.45) is -9.06. The van der Waals surface area contributed by atoms with Gasteiger partial charge in [-0.1, -0.05) is 6.07 Å². The van der Waals surface area contributed by atoms with E-state index in [1.165, 1.54) is 0 Å². The van der Waals surface area contributed by atoms with E-state index in [1.54, 1.807) is 0 Å². The standard InChI is InChI=1S/C11H9F6N/c12-10(13,14)6-1-2-7(9-3-4-18-9)8(5-6)11(15,16)17/h1-2,5,9,18H,3-4H2/t9-/m0/s1. The molecule has 1 saturated heterocycles. The van der Waals surface area contributed by atoms with Crippen molar-refractivity contribution in [3.8, 4) is 0 Å². The molecule has 1 aliphatic rings. The van der Waals surface area contributed by atoms with E-state index >= 15 is 0 Å². The molecule has 0 unspecified atom stereocenters. The van der Waals surface area contributed by atoms with Crippen LogP contribution < -0.4 is 5.32 Å². The van der Waals surface area contributed by atoms with E-state index in [9.17, 15) is 26.3 Å². The van der Waals surface area contributed by atoms with Crippen molar-refractivity contribution in [2.75, 3.05) is 6.54 Å². The molecule has 2 rings (SSSR count). The lowest BCUT2D eigenvalue weighted by molar-refractivity contribution is -0.143. The Bertz CT molecular complexity index is 444. The van der Waals surface area contributed by atoms with Crippen LogP contribution in [-0.4, -0.2) is 6.54 Å². The average molecular weight is 269 g/mol. The van der Waals surface area contributed by atoms with Crippen LogP contribution in [0, 0.1) is 0 Å². The van der Waals surface area contributed by atoms with Gasteiger partial charge in [-0.3, -0.25) is 0 Å². The Morgan fingerprint density at radius 2 is 1.61 bits per heavy atom. The van der Waals surface area contributed by atoms with Gasteiger partial charge in [-0.2, -0.15) is 26.3 Å². The molecule has 0 saturated carbocycles. The Balaban J connectivity index is 2.48. The fraction of sp³-hybridized carbons (Fsp3) is 0.455. The zero-order chi connectivity index (χ0) is 13.6. The first-order valence-electron chi connectivity index (χ1n) is 5.21. The van der Waals surface area contributed by atoms with E-state index < -0.39 is 29.5 Å². The van der Waals surface area contributed by atoms with Crippen LogP contribution in [0.25, 0.3) is 0 Å². The first-order valence-corrected chi connectivity index (χ1v) is 5.21. The summed E-state index contributed by atoms with van der Waals surface area (Å²) in [4.78, 5) is 0. The Morgan fingerprint density at radius 1 is 1.00 bits per heavy atom. The highest BCUT2D eigenvalue weighted by Crippen LogP contribution is 2.40. The van der Waals surface area contributed by atoms with Crippen LogP contribution in [0.3, 0.4) is 0 Å². The second-order valence-electron chi connectivity index (χ2n) is 4.09. The third-order valence-electron chi connectivity index (χ3n) is 2.89. The summed E-state index contributed by atoms with van der Waals surface area (Å²) in [6.45, 7) is 0.572. The predicted molar refractivity (Wildman–Crippen MR) is 51.8 cm³/mol. The van der Waals surface area contributed by atoms with Gasteiger partial charge in [-0.15, -0.1) is 0 Å². The molecule has 1 heterocycles. The molecule has 1 nitrogen and oxygen atoms in total. The van der Waals surface area contributed by atoms with Gasteiger partial charge in [0.2, 0.25) is 0 Å². The summed E-state index contributed by atoms with van der Waals surface area (Å²) in [5, 5.41) is 2.75. The summed E-state index contributed by atoms with van der Waals surface area (Å²) < 4.78 is 75.4. The molecule has 18 heavy (non-hydrogen) atoms. The van der Waals surface area contributed by atoms with Gasteiger partial charge in [0.15, 0.2) is 0 Å². The third-order valence-corrected chi connectivity index (χ3v) is 2.89. The summed E-state index contributed by atoms with van der Waals surface area (Å²) >= 11 is 0. The highest BCUT2D eigenvalue weighted by atomic mass is 19.4. The Labute approximate surface area is 98.8 Å². The van der Waals surface area contributed by atoms with Crippen molar-refractivity contribution >= 4 is 0 Å². The van der Waals surface area contributed by atoms with E-state index in [-0.39, 0.29) is 11.6 Å². The van der Waals surface area contributed by atoms with Crippen molar-refractivity contribution in [1.82, 2.24) is 5.32 Å². The number of hydrogen-bond acceptors (Lipinski definition) is 1. The highest BCUT2D eigenvalue weighted by Gasteiger charge is 2.40. The van der Waals surface area contributed by atoms with Gasteiger partial charge in [0, 0.05) is 6.04 Å². The largest absolute Gasteiger partial charge is 0.416 e. The molecule has 0 spiro atoms. The lowest BCUT2D eigenvalue weighted by Gasteiger charge is -2.30. The van der Waals surface area contributed by atoms with E-state index in [0.29, 0.717) is 19.0 Å². The second kappa shape index (κ2) is 4.15. The molecule has 0 aliphatic carbocycles. The molecular formula is C11H9F6N. The van der Waals surface area contributed by atoms with Gasteiger partial charge in [0.1, 0.15) is 0 Å². The maximum atomic E-state index is 12.7. The van der Waals surface area contributed by atoms with Crippen molar-refractivity contribution in [2.45, 2.75) is 24.8 Å². The molecule has 0 radical (unpaired) electrons. The minimum atomic E-state index is -4.78.